The number of rotatable bonds is 3. The van der Waals surface area contributed by atoms with Gasteiger partial charge in [0.15, 0.2) is 0 Å². The minimum absolute atomic E-state index is 0.0261. The average molecular weight is 337 g/mol. The topological polar surface area (TPSA) is 93.9 Å². The predicted octanol–water partition coefficient (Wildman–Crippen LogP) is 1.51. The SMILES string of the molecule is CC(C)(C)OC(=O)N1C[C@@H](CCO)C[C@H]1C(=O)N1CCC[C@H]1C#N. The van der Waals surface area contributed by atoms with Crippen LogP contribution in [0.5, 0.6) is 0 Å². The molecule has 0 aromatic heterocycles. The van der Waals surface area contributed by atoms with Crippen molar-refractivity contribution in [1.82, 2.24) is 9.80 Å². The van der Waals surface area contributed by atoms with E-state index in [1.807, 2.05) is 0 Å². The van der Waals surface area contributed by atoms with Crippen molar-refractivity contribution in [2.45, 2.75) is 64.1 Å². The van der Waals surface area contributed by atoms with Gasteiger partial charge in [-0.2, -0.15) is 5.26 Å². The van der Waals surface area contributed by atoms with E-state index in [2.05, 4.69) is 6.07 Å². The van der Waals surface area contributed by atoms with Crippen molar-refractivity contribution in [1.29, 1.82) is 5.26 Å². The predicted molar refractivity (Wildman–Crippen MR) is 86.9 cm³/mol. The largest absolute Gasteiger partial charge is 0.444 e. The number of amides is 2. The molecule has 7 nitrogen and oxygen atoms in total. The number of hydrogen-bond acceptors (Lipinski definition) is 5. The highest BCUT2D eigenvalue weighted by molar-refractivity contribution is 5.87. The quantitative estimate of drug-likeness (QED) is 0.842. The molecule has 2 rings (SSSR count). The summed E-state index contributed by atoms with van der Waals surface area (Å²) in [7, 11) is 0. The Hall–Kier alpha value is -1.81. The number of aliphatic hydroxyl groups excluding tert-OH is 1. The van der Waals surface area contributed by atoms with Crippen molar-refractivity contribution in [2.24, 2.45) is 5.92 Å². The van der Waals surface area contributed by atoms with Gasteiger partial charge >= 0.3 is 6.09 Å². The van der Waals surface area contributed by atoms with Crippen LogP contribution in [0.4, 0.5) is 4.79 Å². The number of nitriles is 1. The molecule has 0 bridgehead atoms. The minimum Gasteiger partial charge on any atom is -0.444 e. The second-order valence-corrected chi connectivity index (χ2v) is 7.58. The molecule has 0 radical (unpaired) electrons. The van der Waals surface area contributed by atoms with E-state index < -0.39 is 23.8 Å². The molecular formula is C17H27N3O4. The van der Waals surface area contributed by atoms with Gasteiger partial charge in [-0.15, -0.1) is 0 Å². The lowest BCUT2D eigenvalue weighted by Gasteiger charge is -2.31. The zero-order valence-corrected chi connectivity index (χ0v) is 14.7. The number of nitrogens with zero attached hydrogens (tertiary/aromatic N) is 3. The monoisotopic (exact) mass is 337 g/mol. The van der Waals surface area contributed by atoms with Crippen LogP contribution in [0.3, 0.4) is 0 Å². The molecule has 0 unspecified atom stereocenters. The molecule has 0 spiro atoms. The van der Waals surface area contributed by atoms with E-state index in [4.69, 9.17) is 4.74 Å². The third kappa shape index (κ3) is 4.18. The summed E-state index contributed by atoms with van der Waals surface area (Å²) < 4.78 is 5.43. The third-order valence-corrected chi connectivity index (χ3v) is 4.52. The van der Waals surface area contributed by atoms with Crippen LogP contribution >= 0.6 is 0 Å². The van der Waals surface area contributed by atoms with Gasteiger partial charge in [-0.1, -0.05) is 0 Å². The zero-order chi connectivity index (χ0) is 17.9. The van der Waals surface area contributed by atoms with Gasteiger partial charge in [0.05, 0.1) is 6.07 Å². The molecule has 24 heavy (non-hydrogen) atoms. The number of ether oxygens (including phenoxy) is 1. The highest BCUT2D eigenvalue weighted by Gasteiger charge is 2.44. The van der Waals surface area contributed by atoms with Crippen LogP contribution in [0, 0.1) is 17.2 Å². The van der Waals surface area contributed by atoms with Gasteiger partial charge in [0, 0.05) is 19.7 Å². The van der Waals surface area contributed by atoms with Gasteiger partial charge in [-0.05, 0) is 52.4 Å². The summed E-state index contributed by atoms with van der Waals surface area (Å²) in [5.41, 5.74) is -0.636. The molecular weight excluding hydrogens is 310 g/mol. The van der Waals surface area contributed by atoms with Gasteiger partial charge in [0.1, 0.15) is 17.7 Å². The lowest BCUT2D eigenvalue weighted by atomic mass is 10.0. The maximum Gasteiger partial charge on any atom is 0.410 e. The third-order valence-electron chi connectivity index (χ3n) is 4.52. The Kier molecular flexibility index (Phi) is 5.70. The van der Waals surface area contributed by atoms with Crippen LogP contribution in [-0.2, 0) is 9.53 Å². The molecule has 0 saturated carbocycles. The Labute approximate surface area is 143 Å². The van der Waals surface area contributed by atoms with E-state index in [-0.39, 0.29) is 18.4 Å². The van der Waals surface area contributed by atoms with Crippen LogP contribution in [0.15, 0.2) is 0 Å². The van der Waals surface area contributed by atoms with Gasteiger partial charge < -0.3 is 14.7 Å². The van der Waals surface area contributed by atoms with E-state index in [1.54, 1.807) is 25.7 Å². The number of carbonyl (C=O) groups is 2. The lowest BCUT2D eigenvalue weighted by Crippen LogP contribution is -2.50. The number of aliphatic hydroxyl groups is 1. The maximum absolute atomic E-state index is 12.9. The number of likely N-dealkylation sites (tertiary alicyclic amines) is 2. The Bertz CT molecular complexity index is 523. The summed E-state index contributed by atoms with van der Waals surface area (Å²) in [6, 6.07) is 1.15. The molecule has 2 fully saturated rings. The van der Waals surface area contributed by atoms with Crippen LogP contribution < -0.4 is 0 Å². The molecule has 3 atom stereocenters. The fraction of sp³-hybridized carbons (Fsp3) is 0.824. The van der Waals surface area contributed by atoms with E-state index in [0.29, 0.717) is 32.4 Å². The molecule has 134 valence electrons. The first-order valence-corrected chi connectivity index (χ1v) is 8.57. The molecule has 0 aromatic rings. The van der Waals surface area contributed by atoms with Gasteiger partial charge in [-0.3, -0.25) is 9.69 Å². The average Bonchev–Trinajstić information content (AvgIpc) is 3.11. The van der Waals surface area contributed by atoms with Crippen LogP contribution in [0.25, 0.3) is 0 Å². The standard InChI is InChI=1S/C17H27N3O4/c1-17(2,3)24-16(23)20-11-12(6-8-21)9-14(20)15(22)19-7-4-5-13(19)10-18/h12-14,21H,4-9,11H2,1-3H3/t12-,13-,14-/m0/s1. The van der Waals surface area contributed by atoms with E-state index in [9.17, 15) is 20.0 Å². The summed E-state index contributed by atoms with van der Waals surface area (Å²) in [5, 5.41) is 18.4. The minimum atomic E-state index is -0.636. The fourth-order valence-corrected chi connectivity index (χ4v) is 3.43. The first kappa shape index (κ1) is 18.5. The summed E-state index contributed by atoms with van der Waals surface area (Å²) in [5.74, 6) is -0.107. The molecule has 2 aliphatic heterocycles. The van der Waals surface area contributed by atoms with Crippen LogP contribution in [0.2, 0.25) is 0 Å². The van der Waals surface area contributed by atoms with Gasteiger partial charge in [-0.25, -0.2) is 4.79 Å². The molecule has 0 aromatic carbocycles. The van der Waals surface area contributed by atoms with Crippen LogP contribution in [-0.4, -0.2) is 64.3 Å². The molecule has 2 amide bonds. The maximum atomic E-state index is 12.9. The Morgan fingerprint density at radius 1 is 1.33 bits per heavy atom. The summed E-state index contributed by atoms with van der Waals surface area (Å²) in [6.45, 7) is 6.34. The van der Waals surface area contributed by atoms with E-state index >= 15 is 0 Å². The Balaban J connectivity index is 2.15. The van der Waals surface area contributed by atoms with Crippen molar-refractivity contribution in [3.63, 3.8) is 0 Å². The van der Waals surface area contributed by atoms with Crippen molar-refractivity contribution < 1.29 is 19.4 Å². The molecule has 0 aliphatic carbocycles. The highest BCUT2D eigenvalue weighted by atomic mass is 16.6. The van der Waals surface area contributed by atoms with E-state index in [0.717, 1.165) is 6.42 Å². The Morgan fingerprint density at radius 3 is 2.62 bits per heavy atom. The lowest BCUT2D eigenvalue weighted by molar-refractivity contribution is -0.135. The number of hydrogen-bond donors (Lipinski definition) is 1. The summed E-state index contributed by atoms with van der Waals surface area (Å²) in [4.78, 5) is 28.5. The number of carbonyl (C=O) groups excluding carboxylic acids is 2. The van der Waals surface area contributed by atoms with Crippen molar-refractivity contribution >= 4 is 12.0 Å². The zero-order valence-electron chi connectivity index (χ0n) is 14.7. The fourth-order valence-electron chi connectivity index (χ4n) is 3.43. The van der Waals surface area contributed by atoms with E-state index in [1.165, 1.54) is 4.90 Å². The molecule has 2 saturated heterocycles. The first-order chi connectivity index (χ1) is 11.3. The van der Waals surface area contributed by atoms with Gasteiger partial charge in [0.2, 0.25) is 5.91 Å². The van der Waals surface area contributed by atoms with Crippen molar-refractivity contribution in [3.8, 4) is 6.07 Å². The molecule has 7 heteroatoms. The molecule has 2 heterocycles. The second kappa shape index (κ2) is 7.39. The normalized spacial score (nSPS) is 27.2. The summed E-state index contributed by atoms with van der Waals surface area (Å²) in [6.07, 6.45) is 2.04. The van der Waals surface area contributed by atoms with Crippen LogP contribution in [0.1, 0.15) is 46.5 Å². The van der Waals surface area contributed by atoms with Crippen molar-refractivity contribution in [2.75, 3.05) is 19.7 Å². The first-order valence-electron chi connectivity index (χ1n) is 8.57. The molecule has 2 aliphatic rings. The second-order valence-electron chi connectivity index (χ2n) is 7.58. The molecule has 1 N–H and O–H groups in total. The van der Waals surface area contributed by atoms with Crippen molar-refractivity contribution in [3.05, 3.63) is 0 Å². The smallest absolute Gasteiger partial charge is 0.410 e. The van der Waals surface area contributed by atoms with Gasteiger partial charge in [0.25, 0.3) is 0 Å². The highest BCUT2D eigenvalue weighted by Crippen LogP contribution is 2.30. The Morgan fingerprint density at radius 2 is 2.04 bits per heavy atom. The summed E-state index contributed by atoms with van der Waals surface area (Å²) >= 11 is 0.